The van der Waals surface area contributed by atoms with Crippen molar-refractivity contribution < 1.29 is 8.78 Å². The van der Waals surface area contributed by atoms with Crippen LogP contribution in [0.1, 0.15) is 18.9 Å². The van der Waals surface area contributed by atoms with Crippen molar-refractivity contribution in [2.75, 3.05) is 5.75 Å². The third-order valence-electron chi connectivity index (χ3n) is 2.04. The van der Waals surface area contributed by atoms with Crippen molar-refractivity contribution in [3.8, 4) is 6.07 Å². The first-order valence-electron chi connectivity index (χ1n) is 4.98. The molecule has 4 heteroatoms. The Balaban J connectivity index is 2.57. The number of hydrogen-bond acceptors (Lipinski definition) is 2. The SMILES string of the molecule is CC(F)(F)CCSc1ccccc1CC#N. The highest BCUT2D eigenvalue weighted by Crippen LogP contribution is 2.27. The minimum Gasteiger partial charge on any atom is -0.207 e. The Bertz CT molecular complexity index is 379. The predicted molar refractivity (Wildman–Crippen MR) is 61.7 cm³/mol. The normalized spacial score (nSPS) is 11.1. The average Bonchev–Trinajstić information content (AvgIpc) is 2.19. The highest BCUT2D eigenvalue weighted by atomic mass is 32.2. The van der Waals surface area contributed by atoms with E-state index in [1.807, 2.05) is 24.3 Å². The molecule has 0 bridgehead atoms. The molecule has 0 radical (unpaired) electrons. The van der Waals surface area contributed by atoms with E-state index in [-0.39, 0.29) is 6.42 Å². The number of hydrogen-bond donors (Lipinski definition) is 0. The monoisotopic (exact) mass is 241 g/mol. The topological polar surface area (TPSA) is 23.8 Å². The molecule has 0 saturated heterocycles. The first kappa shape index (κ1) is 13.0. The number of thioether (sulfide) groups is 1. The van der Waals surface area contributed by atoms with Gasteiger partial charge in [-0.2, -0.15) is 5.26 Å². The van der Waals surface area contributed by atoms with E-state index in [2.05, 4.69) is 6.07 Å². The Kier molecular flexibility index (Phi) is 4.75. The van der Waals surface area contributed by atoms with Gasteiger partial charge in [-0.05, 0) is 18.6 Å². The van der Waals surface area contributed by atoms with Gasteiger partial charge in [-0.1, -0.05) is 18.2 Å². The standard InChI is InChI=1S/C12H13F2NS/c1-12(13,14)7-9-16-11-5-3-2-4-10(11)6-8-15/h2-5H,6-7,9H2,1H3. The van der Waals surface area contributed by atoms with Gasteiger partial charge in [0.25, 0.3) is 0 Å². The Labute approximate surface area is 98.5 Å². The van der Waals surface area contributed by atoms with Crippen LogP contribution in [-0.2, 0) is 6.42 Å². The van der Waals surface area contributed by atoms with Gasteiger partial charge in [0.2, 0.25) is 5.92 Å². The zero-order valence-electron chi connectivity index (χ0n) is 9.04. The second kappa shape index (κ2) is 5.86. The minimum atomic E-state index is -2.61. The quantitative estimate of drug-likeness (QED) is 0.730. The van der Waals surface area contributed by atoms with Gasteiger partial charge in [0, 0.05) is 17.1 Å². The lowest BCUT2D eigenvalue weighted by molar-refractivity contribution is 0.0194. The van der Waals surface area contributed by atoms with Crippen molar-refractivity contribution in [2.24, 2.45) is 0 Å². The summed E-state index contributed by atoms with van der Waals surface area (Å²) in [6, 6.07) is 9.50. The van der Waals surface area contributed by atoms with Crippen LogP contribution >= 0.6 is 11.8 Å². The zero-order chi connectivity index (χ0) is 12.0. The molecule has 1 rings (SSSR count). The molecule has 0 N–H and O–H groups in total. The van der Waals surface area contributed by atoms with Gasteiger partial charge >= 0.3 is 0 Å². The number of alkyl halides is 2. The average molecular weight is 241 g/mol. The summed E-state index contributed by atoms with van der Waals surface area (Å²) in [5.41, 5.74) is 0.911. The summed E-state index contributed by atoms with van der Waals surface area (Å²) in [6.07, 6.45) is 0.185. The summed E-state index contributed by atoms with van der Waals surface area (Å²) in [5.74, 6) is -2.25. The molecule has 0 aliphatic heterocycles. The molecule has 0 saturated carbocycles. The minimum absolute atomic E-state index is 0.140. The van der Waals surface area contributed by atoms with Crippen molar-refractivity contribution in [3.63, 3.8) is 0 Å². The molecule has 0 spiro atoms. The first-order valence-corrected chi connectivity index (χ1v) is 5.97. The molecular weight excluding hydrogens is 228 g/mol. The Morgan fingerprint density at radius 1 is 1.38 bits per heavy atom. The van der Waals surface area contributed by atoms with Crippen molar-refractivity contribution in [1.82, 2.24) is 0 Å². The molecule has 0 heterocycles. The van der Waals surface area contributed by atoms with Gasteiger partial charge in [-0.25, -0.2) is 8.78 Å². The van der Waals surface area contributed by atoms with Gasteiger partial charge < -0.3 is 0 Å². The fraction of sp³-hybridized carbons (Fsp3) is 0.417. The van der Waals surface area contributed by atoms with Crippen LogP contribution in [0, 0.1) is 11.3 Å². The van der Waals surface area contributed by atoms with E-state index < -0.39 is 5.92 Å². The number of benzene rings is 1. The van der Waals surface area contributed by atoms with Gasteiger partial charge in [0.1, 0.15) is 0 Å². The molecule has 1 aromatic rings. The summed E-state index contributed by atoms with van der Waals surface area (Å²) < 4.78 is 25.2. The van der Waals surface area contributed by atoms with Crippen molar-refractivity contribution in [2.45, 2.75) is 30.6 Å². The van der Waals surface area contributed by atoms with Crippen LogP contribution in [0.5, 0.6) is 0 Å². The molecule has 0 aliphatic rings. The highest BCUT2D eigenvalue weighted by molar-refractivity contribution is 7.99. The van der Waals surface area contributed by atoms with Gasteiger partial charge in [-0.3, -0.25) is 0 Å². The van der Waals surface area contributed by atoms with E-state index >= 15 is 0 Å². The molecular formula is C12H13F2NS. The Morgan fingerprint density at radius 3 is 2.69 bits per heavy atom. The molecule has 0 fully saturated rings. The van der Waals surface area contributed by atoms with Crippen molar-refractivity contribution in [1.29, 1.82) is 5.26 Å². The largest absolute Gasteiger partial charge is 0.246 e. The van der Waals surface area contributed by atoms with E-state index in [1.165, 1.54) is 11.8 Å². The van der Waals surface area contributed by atoms with Crippen LogP contribution in [0.15, 0.2) is 29.2 Å². The maximum Gasteiger partial charge on any atom is 0.246 e. The fourth-order valence-corrected chi connectivity index (χ4v) is 2.40. The molecule has 0 amide bonds. The molecule has 1 nitrogen and oxygen atoms in total. The van der Waals surface area contributed by atoms with E-state index in [9.17, 15) is 8.78 Å². The van der Waals surface area contributed by atoms with Crippen LogP contribution in [-0.4, -0.2) is 11.7 Å². The predicted octanol–water partition coefficient (Wildman–Crippen LogP) is 3.89. The molecule has 16 heavy (non-hydrogen) atoms. The van der Waals surface area contributed by atoms with Gasteiger partial charge in [0.05, 0.1) is 12.5 Å². The number of rotatable bonds is 5. The summed E-state index contributed by atoms with van der Waals surface area (Å²) in [6.45, 7) is 0.925. The van der Waals surface area contributed by atoms with Crippen LogP contribution in [0.25, 0.3) is 0 Å². The van der Waals surface area contributed by atoms with E-state index in [4.69, 9.17) is 5.26 Å². The van der Waals surface area contributed by atoms with E-state index in [0.29, 0.717) is 12.2 Å². The second-order valence-corrected chi connectivity index (χ2v) is 4.75. The molecule has 0 aliphatic carbocycles. The Morgan fingerprint density at radius 2 is 2.06 bits per heavy atom. The molecule has 0 unspecified atom stereocenters. The number of nitrogens with zero attached hydrogens (tertiary/aromatic N) is 1. The summed E-state index contributed by atoms with van der Waals surface area (Å²) in [5, 5.41) is 8.62. The third kappa shape index (κ3) is 4.63. The lowest BCUT2D eigenvalue weighted by Gasteiger charge is -2.10. The van der Waals surface area contributed by atoms with E-state index in [0.717, 1.165) is 17.4 Å². The lowest BCUT2D eigenvalue weighted by Crippen LogP contribution is -2.10. The van der Waals surface area contributed by atoms with Crippen LogP contribution in [0.3, 0.4) is 0 Å². The van der Waals surface area contributed by atoms with Gasteiger partial charge in [-0.15, -0.1) is 11.8 Å². The molecule has 1 aromatic carbocycles. The second-order valence-electron chi connectivity index (χ2n) is 3.61. The number of halogens is 2. The van der Waals surface area contributed by atoms with E-state index in [1.54, 1.807) is 0 Å². The molecule has 0 atom stereocenters. The van der Waals surface area contributed by atoms with Crippen molar-refractivity contribution >= 4 is 11.8 Å². The van der Waals surface area contributed by atoms with Crippen LogP contribution in [0.2, 0.25) is 0 Å². The first-order chi connectivity index (χ1) is 7.53. The fourth-order valence-electron chi connectivity index (χ4n) is 1.22. The molecule has 0 aromatic heterocycles. The molecule has 86 valence electrons. The lowest BCUT2D eigenvalue weighted by atomic mass is 10.2. The zero-order valence-corrected chi connectivity index (χ0v) is 9.86. The smallest absolute Gasteiger partial charge is 0.207 e. The number of nitriles is 1. The summed E-state index contributed by atoms with van der Waals surface area (Å²) in [7, 11) is 0. The summed E-state index contributed by atoms with van der Waals surface area (Å²) >= 11 is 1.38. The van der Waals surface area contributed by atoms with Crippen molar-refractivity contribution in [3.05, 3.63) is 29.8 Å². The maximum atomic E-state index is 12.6. The van der Waals surface area contributed by atoms with Crippen LogP contribution < -0.4 is 0 Å². The summed E-state index contributed by atoms with van der Waals surface area (Å²) in [4.78, 5) is 0.924. The Hall–Kier alpha value is -1.08. The maximum absolute atomic E-state index is 12.6. The van der Waals surface area contributed by atoms with Gasteiger partial charge in [0.15, 0.2) is 0 Å². The highest BCUT2D eigenvalue weighted by Gasteiger charge is 2.20. The van der Waals surface area contributed by atoms with Crippen LogP contribution in [0.4, 0.5) is 8.78 Å². The third-order valence-corrected chi connectivity index (χ3v) is 3.16.